The molecule has 1 aromatic heterocycles. The lowest BCUT2D eigenvalue weighted by Crippen LogP contribution is -2.10. The first kappa shape index (κ1) is 18.4. The highest BCUT2D eigenvalue weighted by Crippen LogP contribution is 2.25. The van der Waals surface area contributed by atoms with Crippen LogP contribution < -0.4 is 5.73 Å². The van der Waals surface area contributed by atoms with Gasteiger partial charge in [0.25, 0.3) is 0 Å². The lowest BCUT2D eigenvalue weighted by Gasteiger charge is -2.15. The molecule has 0 radical (unpaired) electrons. The molecule has 0 unspecified atom stereocenters. The van der Waals surface area contributed by atoms with E-state index in [-0.39, 0.29) is 0 Å². The van der Waals surface area contributed by atoms with Gasteiger partial charge in [0, 0.05) is 38.0 Å². The molecule has 7 heteroatoms. The highest BCUT2D eigenvalue weighted by atomic mass is 19.1. The molecule has 130 valence electrons. The minimum atomic E-state index is -0.871. The minimum absolute atomic E-state index is 0.356. The molecule has 0 bridgehead atoms. The van der Waals surface area contributed by atoms with Crippen molar-refractivity contribution >= 4 is 11.9 Å². The van der Waals surface area contributed by atoms with Gasteiger partial charge in [-0.05, 0) is 42.3 Å². The lowest BCUT2D eigenvalue weighted by molar-refractivity contribution is 0.198. The van der Waals surface area contributed by atoms with Crippen molar-refractivity contribution < 1.29 is 9.50 Å². The maximum atomic E-state index is 13.5. The first-order chi connectivity index (χ1) is 11.9. The molecule has 25 heavy (non-hydrogen) atoms. The van der Waals surface area contributed by atoms with Crippen LogP contribution in [0, 0.1) is 17.1 Å². The first-order valence-electron chi connectivity index (χ1n) is 7.69. The molecule has 0 aliphatic carbocycles. The molecule has 0 amide bonds. The number of hydrogen-bond acceptors (Lipinski definition) is 5. The number of rotatable bonds is 5. The number of aryl methyl sites for hydroxylation is 1. The summed E-state index contributed by atoms with van der Waals surface area (Å²) in [7, 11) is 3.31. The number of benzene rings is 1. The van der Waals surface area contributed by atoms with Gasteiger partial charge in [0.1, 0.15) is 17.6 Å². The molecule has 1 aromatic carbocycles. The van der Waals surface area contributed by atoms with Crippen LogP contribution in [0.3, 0.4) is 0 Å². The van der Waals surface area contributed by atoms with Gasteiger partial charge in [0.05, 0.1) is 11.8 Å². The third-order valence-corrected chi connectivity index (χ3v) is 3.80. The highest BCUT2D eigenvalue weighted by Gasteiger charge is 2.15. The Morgan fingerprint density at radius 3 is 2.80 bits per heavy atom. The number of hydrogen-bond donors (Lipinski definition) is 2. The minimum Gasteiger partial charge on any atom is -0.398 e. The summed E-state index contributed by atoms with van der Waals surface area (Å²) in [4.78, 5) is 4.02. The van der Waals surface area contributed by atoms with E-state index >= 15 is 0 Å². The summed E-state index contributed by atoms with van der Waals surface area (Å²) in [6.45, 7) is 1.55. The monoisotopic (exact) mass is 341 g/mol. The van der Waals surface area contributed by atoms with E-state index in [4.69, 9.17) is 11.0 Å². The third kappa shape index (κ3) is 4.11. The number of nitriles is 1. The standard InChI is InChI=1S/C18H20FN5O/c1-11(25)17-7-13(19)4-5-16(17)18(21)12(10-22-2)6-14-8-15(9-20)24(3)23-14/h4-5,7-8,10-11,25H,6,21H2,1-3H3/t11-/m1/s1. The van der Waals surface area contributed by atoms with Crippen molar-refractivity contribution in [3.8, 4) is 6.07 Å². The summed E-state index contributed by atoms with van der Waals surface area (Å²) in [6, 6.07) is 7.83. The van der Waals surface area contributed by atoms with Crippen LogP contribution in [0.2, 0.25) is 0 Å². The van der Waals surface area contributed by atoms with E-state index in [2.05, 4.69) is 16.2 Å². The zero-order valence-corrected chi connectivity index (χ0v) is 14.4. The van der Waals surface area contributed by atoms with Gasteiger partial charge in [-0.2, -0.15) is 10.4 Å². The molecule has 0 saturated heterocycles. The SMILES string of the molecule is CN=CC(Cc1cc(C#N)n(C)n1)=C(N)c1ccc(F)cc1[C@@H](C)O. The van der Waals surface area contributed by atoms with Crippen molar-refractivity contribution in [3.63, 3.8) is 0 Å². The van der Waals surface area contributed by atoms with E-state index in [1.165, 1.54) is 22.9 Å². The van der Waals surface area contributed by atoms with Gasteiger partial charge in [-0.25, -0.2) is 4.39 Å². The number of nitrogens with zero attached hydrogens (tertiary/aromatic N) is 4. The van der Waals surface area contributed by atoms with Gasteiger partial charge in [-0.1, -0.05) is 0 Å². The van der Waals surface area contributed by atoms with E-state index in [1.807, 2.05) is 0 Å². The smallest absolute Gasteiger partial charge is 0.138 e. The summed E-state index contributed by atoms with van der Waals surface area (Å²) in [5, 5.41) is 23.2. The Hall–Kier alpha value is -2.98. The highest BCUT2D eigenvalue weighted by molar-refractivity contribution is 5.91. The second kappa shape index (κ2) is 7.73. The van der Waals surface area contributed by atoms with Gasteiger partial charge in [-0.15, -0.1) is 0 Å². The summed E-state index contributed by atoms with van der Waals surface area (Å²) in [6.07, 6.45) is 1.09. The number of aliphatic imine (C=N–C) groups is 1. The molecule has 2 aromatic rings. The summed E-state index contributed by atoms with van der Waals surface area (Å²) < 4.78 is 15.0. The lowest BCUT2D eigenvalue weighted by atomic mass is 9.96. The number of aliphatic hydroxyl groups is 1. The van der Waals surface area contributed by atoms with Gasteiger partial charge >= 0.3 is 0 Å². The summed E-state index contributed by atoms with van der Waals surface area (Å²) in [5.41, 5.74) is 9.39. The van der Waals surface area contributed by atoms with E-state index in [1.54, 1.807) is 33.3 Å². The van der Waals surface area contributed by atoms with Crippen molar-refractivity contribution in [1.82, 2.24) is 9.78 Å². The molecule has 0 aliphatic heterocycles. The molecule has 1 atom stereocenters. The Bertz CT molecular complexity index is 874. The fraction of sp³-hybridized carbons (Fsp3) is 0.278. The molecule has 0 spiro atoms. The van der Waals surface area contributed by atoms with Crippen molar-refractivity contribution in [3.05, 3.63) is 58.2 Å². The van der Waals surface area contributed by atoms with Crippen molar-refractivity contribution in [2.45, 2.75) is 19.4 Å². The predicted molar refractivity (Wildman–Crippen MR) is 94.2 cm³/mol. The van der Waals surface area contributed by atoms with E-state index < -0.39 is 11.9 Å². The normalized spacial score (nSPS) is 13.6. The topological polar surface area (TPSA) is 100 Å². The zero-order chi connectivity index (χ0) is 18.6. The fourth-order valence-electron chi connectivity index (χ4n) is 2.58. The number of aliphatic hydroxyl groups excluding tert-OH is 1. The van der Waals surface area contributed by atoms with Crippen molar-refractivity contribution in [2.75, 3.05) is 7.05 Å². The maximum absolute atomic E-state index is 13.5. The van der Waals surface area contributed by atoms with Gasteiger partial charge in [0.2, 0.25) is 0 Å². The van der Waals surface area contributed by atoms with Crippen molar-refractivity contribution in [2.24, 2.45) is 17.8 Å². The van der Waals surface area contributed by atoms with Gasteiger partial charge < -0.3 is 10.8 Å². The number of nitrogens with two attached hydrogens (primary N) is 1. The Morgan fingerprint density at radius 2 is 2.24 bits per heavy atom. The Labute approximate surface area is 145 Å². The van der Waals surface area contributed by atoms with E-state index in [0.717, 1.165) is 0 Å². The fourth-order valence-corrected chi connectivity index (χ4v) is 2.58. The quantitative estimate of drug-likeness (QED) is 0.813. The average molecular weight is 341 g/mol. The van der Waals surface area contributed by atoms with Gasteiger partial charge in [-0.3, -0.25) is 9.67 Å². The van der Waals surface area contributed by atoms with E-state index in [9.17, 15) is 9.50 Å². The molecule has 6 nitrogen and oxygen atoms in total. The van der Waals surface area contributed by atoms with Crippen LogP contribution in [0.25, 0.3) is 5.70 Å². The predicted octanol–water partition coefficient (Wildman–Crippen LogP) is 2.10. The van der Waals surface area contributed by atoms with Crippen LogP contribution in [0.4, 0.5) is 4.39 Å². The molecule has 0 saturated carbocycles. The second-order valence-corrected chi connectivity index (χ2v) is 5.67. The maximum Gasteiger partial charge on any atom is 0.138 e. The Morgan fingerprint density at radius 1 is 1.52 bits per heavy atom. The first-order valence-corrected chi connectivity index (χ1v) is 7.69. The zero-order valence-electron chi connectivity index (χ0n) is 14.4. The molecule has 1 heterocycles. The van der Waals surface area contributed by atoms with Crippen LogP contribution in [0.1, 0.15) is 35.5 Å². The van der Waals surface area contributed by atoms with Crippen LogP contribution in [-0.4, -0.2) is 28.1 Å². The second-order valence-electron chi connectivity index (χ2n) is 5.67. The van der Waals surface area contributed by atoms with Crippen LogP contribution in [-0.2, 0) is 13.5 Å². The Balaban J connectivity index is 2.52. The molecule has 2 rings (SSSR count). The average Bonchev–Trinajstić information content (AvgIpc) is 2.93. The Kier molecular flexibility index (Phi) is 5.67. The van der Waals surface area contributed by atoms with E-state index in [0.29, 0.717) is 40.2 Å². The molecular formula is C18H20FN5O. The van der Waals surface area contributed by atoms with Crippen LogP contribution >= 0.6 is 0 Å². The largest absolute Gasteiger partial charge is 0.398 e. The van der Waals surface area contributed by atoms with Crippen LogP contribution in [0.15, 0.2) is 34.8 Å². The molecule has 0 aliphatic rings. The summed E-state index contributed by atoms with van der Waals surface area (Å²) >= 11 is 0. The molecule has 3 N–H and O–H groups in total. The number of allylic oxidation sites excluding steroid dienone is 1. The van der Waals surface area contributed by atoms with Crippen LogP contribution in [0.5, 0.6) is 0 Å². The summed E-state index contributed by atoms with van der Waals surface area (Å²) in [5.74, 6) is -0.443. The number of aromatic nitrogens is 2. The number of halogens is 1. The third-order valence-electron chi connectivity index (χ3n) is 3.80. The van der Waals surface area contributed by atoms with Crippen molar-refractivity contribution in [1.29, 1.82) is 5.26 Å². The molecule has 0 fully saturated rings. The van der Waals surface area contributed by atoms with Gasteiger partial charge in [0.15, 0.2) is 0 Å². The molecular weight excluding hydrogens is 321 g/mol.